The van der Waals surface area contributed by atoms with Gasteiger partial charge in [0.05, 0.1) is 5.25 Å². The number of carbonyl (C=O) groups is 3. The van der Waals surface area contributed by atoms with Crippen molar-refractivity contribution in [1.82, 2.24) is 0 Å². The molecule has 19 heavy (non-hydrogen) atoms. The van der Waals surface area contributed by atoms with E-state index in [2.05, 4.69) is 0 Å². The molecule has 4 atom stereocenters. The van der Waals surface area contributed by atoms with Gasteiger partial charge in [-0.15, -0.1) is 11.8 Å². The van der Waals surface area contributed by atoms with E-state index in [9.17, 15) is 14.4 Å². The van der Waals surface area contributed by atoms with Gasteiger partial charge in [0, 0.05) is 26.0 Å². The maximum atomic E-state index is 11.1. The van der Waals surface area contributed by atoms with Crippen LogP contribution in [0.15, 0.2) is 0 Å². The minimum absolute atomic E-state index is 0.0335. The third-order valence-electron chi connectivity index (χ3n) is 2.60. The number of rotatable bonds is 4. The van der Waals surface area contributed by atoms with Gasteiger partial charge in [-0.05, 0) is 6.92 Å². The van der Waals surface area contributed by atoms with Gasteiger partial charge in [0.25, 0.3) is 0 Å². The van der Waals surface area contributed by atoms with Gasteiger partial charge in [0.2, 0.25) is 0 Å². The van der Waals surface area contributed by atoms with Gasteiger partial charge < -0.3 is 14.2 Å². The molecule has 108 valence electrons. The summed E-state index contributed by atoms with van der Waals surface area (Å²) in [6.07, 6.45) is -1.12. The number of thioether (sulfide) groups is 1. The lowest BCUT2D eigenvalue weighted by Gasteiger charge is -2.23. The van der Waals surface area contributed by atoms with Gasteiger partial charge in [-0.1, -0.05) is 0 Å². The van der Waals surface area contributed by atoms with Crippen molar-refractivity contribution in [1.29, 1.82) is 0 Å². The molecule has 1 heterocycles. The normalized spacial score (nSPS) is 29.7. The topological polar surface area (TPSA) is 78.9 Å². The maximum absolute atomic E-state index is 11.1. The third-order valence-corrected chi connectivity index (χ3v) is 4.05. The Morgan fingerprint density at radius 1 is 0.947 bits per heavy atom. The first-order valence-electron chi connectivity index (χ1n) is 5.94. The summed E-state index contributed by atoms with van der Waals surface area (Å²) >= 11 is 1.48. The Hall–Kier alpha value is -1.24. The third kappa shape index (κ3) is 4.74. The zero-order chi connectivity index (χ0) is 14.6. The van der Waals surface area contributed by atoms with E-state index in [4.69, 9.17) is 14.2 Å². The van der Waals surface area contributed by atoms with Crippen LogP contribution in [0.25, 0.3) is 0 Å². The highest BCUT2D eigenvalue weighted by Gasteiger charge is 2.46. The highest BCUT2D eigenvalue weighted by Crippen LogP contribution is 2.38. The highest BCUT2D eigenvalue weighted by molar-refractivity contribution is 8.00. The molecule has 0 spiro atoms. The fourth-order valence-electron chi connectivity index (χ4n) is 1.93. The Balaban J connectivity index is 2.76. The molecule has 0 radical (unpaired) electrons. The van der Waals surface area contributed by atoms with Crippen molar-refractivity contribution >= 4 is 29.7 Å². The molecule has 0 aromatic carbocycles. The molecular formula is C12H18O6S. The van der Waals surface area contributed by atoms with E-state index in [1.807, 2.05) is 6.92 Å². The average Bonchev–Trinajstić information content (AvgIpc) is 2.53. The van der Waals surface area contributed by atoms with E-state index >= 15 is 0 Å². The number of hydrogen-bond acceptors (Lipinski definition) is 7. The van der Waals surface area contributed by atoms with Crippen molar-refractivity contribution in [3.8, 4) is 0 Å². The first-order valence-corrected chi connectivity index (χ1v) is 6.88. The Bertz CT molecular complexity index is 369. The molecule has 0 N–H and O–H groups in total. The van der Waals surface area contributed by atoms with Crippen LogP contribution in [0.2, 0.25) is 0 Å². The van der Waals surface area contributed by atoms with Gasteiger partial charge in [-0.3, -0.25) is 14.4 Å². The van der Waals surface area contributed by atoms with Crippen LogP contribution < -0.4 is 0 Å². The molecule has 1 fully saturated rings. The predicted molar refractivity (Wildman–Crippen MR) is 68.6 cm³/mol. The summed E-state index contributed by atoms with van der Waals surface area (Å²) in [5, 5.41) is -0.263. The zero-order valence-corrected chi connectivity index (χ0v) is 12.2. The molecule has 1 rings (SSSR count). The van der Waals surface area contributed by atoms with Gasteiger partial charge in [0.1, 0.15) is 6.61 Å². The molecule has 7 heteroatoms. The first kappa shape index (κ1) is 15.8. The molecule has 0 aromatic heterocycles. The van der Waals surface area contributed by atoms with Crippen LogP contribution in [0.3, 0.4) is 0 Å². The van der Waals surface area contributed by atoms with Gasteiger partial charge in [0.15, 0.2) is 12.2 Å². The van der Waals surface area contributed by atoms with Crippen LogP contribution in [0.5, 0.6) is 0 Å². The van der Waals surface area contributed by atoms with Gasteiger partial charge in [-0.25, -0.2) is 0 Å². The van der Waals surface area contributed by atoms with Crippen molar-refractivity contribution in [3.63, 3.8) is 0 Å². The number of esters is 3. The predicted octanol–water partition coefficient (Wildman–Crippen LogP) is 0.917. The van der Waals surface area contributed by atoms with Crippen LogP contribution in [-0.4, -0.2) is 47.2 Å². The molecule has 0 unspecified atom stereocenters. The molecule has 1 saturated heterocycles. The largest absolute Gasteiger partial charge is 0.465 e. The second-order valence-corrected chi connectivity index (χ2v) is 5.95. The smallest absolute Gasteiger partial charge is 0.303 e. The minimum atomic E-state index is -0.597. The lowest BCUT2D eigenvalue weighted by molar-refractivity contribution is -0.165. The highest BCUT2D eigenvalue weighted by atomic mass is 32.2. The Kier molecular flexibility index (Phi) is 5.65. The summed E-state index contributed by atoms with van der Waals surface area (Å²) in [6.45, 7) is 5.92. The molecule has 0 aromatic rings. The molecule has 1 aliphatic rings. The van der Waals surface area contributed by atoms with E-state index in [0.29, 0.717) is 0 Å². The van der Waals surface area contributed by atoms with Crippen LogP contribution >= 0.6 is 11.8 Å². The summed E-state index contributed by atoms with van der Waals surface area (Å²) in [6, 6.07) is 0. The van der Waals surface area contributed by atoms with Crippen LogP contribution in [0.1, 0.15) is 27.7 Å². The van der Waals surface area contributed by atoms with Crippen LogP contribution in [0.4, 0.5) is 0 Å². The standard InChI is InChI=1S/C12H18O6S/c1-6-11(17-8(3)14)12(18-9(4)15)10(19-6)5-16-7(2)13/h6,10-12H,5H2,1-4H3/t6-,10+,11-,12+/m0/s1. The van der Waals surface area contributed by atoms with Crippen molar-refractivity contribution in [2.45, 2.75) is 50.4 Å². The Morgan fingerprint density at radius 3 is 1.95 bits per heavy atom. The second kappa shape index (κ2) is 6.79. The van der Waals surface area contributed by atoms with Gasteiger partial charge >= 0.3 is 17.9 Å². The fourth-order valence-corrected chi connectivity index (χ4v) is 3.36. The Labute approximate surface area is 116 Å². The SMILES string of the molecule is CC(=O)OC[C@H]1S[C@@H](C)[C@H](OC(C)=O)[C@@H]1OC(C)=O. The molecule has 0 aliphatic carbocycles. The first-order chi connectivity index (χ1) is 8.81. The monoisotopic (exact) mass is 290 g/mol. The van der Waals surface area contributed by atoms with E-state index in [-0.39, 0.29) is 17.1 Å². The Morgan fingerprint density at radius 2 is 1.47 bits per heavy atom. The average molecular weight is 290 g/mol. The lowest BCUT2D eigenvalue weighted by atomic mass is 10.1. The zero-order valence-electron chi connectivity index (χ0n) is 11.4. The van der Waals surface area contributed by atoms with E-state index in [1.165, 1.54) is 32.5 Å². The lowest BCUT2D eigenvalue weighted by Crippen LogP contribution is -2.40. The summed E-state index contributed by atoms with van der Waals surface area (Å²) < 4.78 is 15.4. The van der Waals surface area contributed by atoms with Crippen molar-refractivity contribution in [3.05, 3.63) is 0 Å². The van der Waals surface area contributed by atoms with Crippen molar-refractivity contribution < 1.29 is 28.6 Å². The molecule has 1 aliphatic heterocycles. The van der Waals surface area contributed by atoms with Crippen LogP contribution in [-0.2, 0) is 28.6 Å². The van der Waals surface area contributed by atoms with Crippen molar-refractivity contribution in [2.75, 3.05) is 6.61 Å². The van der Waals surface area contributed by atoms with E-state index in [0.717, 1.165) is 0 Å². The summed E-state index contributed by atoms with van der Waals surface area (Å²) in [5.41, 5.74) is 0. The quantitative estimate of drug-likeness (QED) is 0.562. The molecule has 0 saturated carbocycles. The van der Waals surface area contributed by atoms with E-state index in [1.54, 1.807) is 0 Å². The molecule has 0 bridgehead atoms. The molecule has 6 nitrogen and oxygen atoms in total. The number of hydrogen-bond donors (Lipinski definition) is 0. The summed E-state index contributed by atoms with van der Waals surface area (Å²) in [7, 11) is 0. The van der Waals surface area contributed by atoms with E-state index < -0.39 is 30.1 Å². The minimum Gasteiger partial charge on any atom is -0.465 e. The van der Waals surface area contributed by atoms with Crippen molar-refractivity contribution in [2.24, 2.45) is 0 Å². The summed E-state index contributed by atoms with van der Waals surface area (Å²) in [5.74, 6) is -1.28. The number of carbonyl (C=O) groups excluding carboxylic acids is 3. The summed E-state index contributed by atoms with van der Waals surface area (Å²) in [4.78, 5) is 33.1. The maximum Gasteiger partial charge on any atom is 0.303 e. The van der Waals surface area contributed by atoms with Gasteiger partial charge in [-0.2, -0.15) is 0 Å². The fraction of sp³-hybridized carbons (Fsp3) is 0.750. The number of ether oxygens (including phenoxy) is 3. The second-order valence-electron chi connectivity index (χ2n) is 4.33. The molecular weight excluding hydrogens is 272 g/mol. The van der Waals surface area contributed by atoms with Crippen LogP contribution in [0, 0.1) is 0 Å². The molecule has 0 amide bonds.